The molecule has 1 aliphatic carbocycles. The first-order valence-electron chi connectivity index (χ1n) is 10.8. The third-order valence-corrected chi connectivity index (χ3v) is 5.54. The summed E-state index contributed by atoms with van der Waals surface area (Å²) in [6.07, 6.45) is 5.87. The summed E-state index contributed by atoms with van der Waals surface area (Å²) >= 11 is 0. The standard InChI is InChI=1S/C24H30N2O4/c1-17(24(29)26-20-12-4-2-3-5-13-20)30-23(28)16-25-22(27)15-19-11-8-10-18-9-6-7-14-21(18)19/h6-11,14,17,20H,2-5,12-13,15-16H2,1H3,(H,25,27)(H,26,29)/t17-/m0/s1. The fourth-order valence-corrected chi connectivity index (χ4v) is 3.89. The molecule has 0 aliphatic heterocycles. The van der Waals surface area contributed by atoms with Crippen LogP contribution in [0.25, 0.3) is 10.8 Å². The van der Waals surface area contributed by atoms with E-state index < -0.39 is 12.1 Å². The molecule has 2 amide bonds. The molecule has 30 heavy (non-hydrogen) atoms. The summed E-state index contributed by atoms with van der Waals surface area (Å²) < 4.78 is 5.19. The van der Waals surface area contributed by atoms with Crippen LogP contribution in [0.4, 0.5) is 0 Å². The summed E-state index contributed by atoms with van der Waals surface area (Å²) in [5.41, 5.74) is 0.898. The van der Waals surface area contributed by atoms with Gasteiger partial charge in [0.2, 0.25) is 5.91 Å². The Morgan fingerprint density at radius 3 is 2.47 bits per heavy atom. The largest absolute Gasteiger partial charge is 0.451 e. The minimum Gasteiger partial charge on any atom is -0.451 e. The van der Waals surface area contributed by atoms with Crippen molar-refractivity contribution >= 4 is 28.6 Å². The SMILES string of the molecule is C[C@H](OC(=O)CNC(=O)Cc1cccc2ccccc12)C(=O)NC1CCCCCC1. The van der Waals surface area contributed by atoms with E-state index in [-0.39, 0.29) is 30.8 Å². The molecule has 1 fully saturated rings. The average molecular weight is 411 g/mol. The third-order valence-electron chi connectivity index (χ3n) is 5.54. The fraction of sp³-hybridized carbons (Fsp3) is 0.458. The summed E-state index contributed by atoms with van der Waals surface area (Å²) in [6.45, 7) is 1.30. The van der Waals surface area contributed by atoms with Crippen molar-refractivity contribution in [1.82, 2.24) is 10.6 Å². The van der Waals surface area contributed by atoms with Gasteiger partial charge in [0.25, 0.3) is 5.91 Å². The molecule has 0 bridgehead atoms. The molecule has 1 saturated carbocycles. The van der Waals surface area contributed by atoms with Crippen LogP contribution in [-0.2, 0) is 25.5 Å². The van der Waals surface area contributed by atoms with Crippen molar-refractivity contribution in [1.29, 1.82) is 0 Å². The van der Waals surface area contributed by atoms with Gasteiger partial charge in [0, 0.05) is 6.04 Å². The number of benzene rings is 2. The Morgan fingerprint density at radius 1 is 1.00 bits per heavy atom. The number of ether oxygens (including phenoxy) is 1. The van der Waals surface area contributed by atoms with Gasteiger partial charge in [-0.05, 0) is 36.1 Å². The molecule has 6 nitrogen and oxygen atoms in total. The normalized spacial score (nSPS) is 15.8. The van der Waals surface area contributed by atoms with Crippen molar-refractivity contribution in [2.24, 2.45) is 0 Å². The average Bonchev–Trinajstić information content (AvgIpc) is 3.01. The molecule has 0 radical (unpaired) electrons. The summed E-state index contributed by atoms with van der Waals surface area (Å²) in [6, 6.07) is 13.8. The second-order valence-corrected chi connectivity index (χ2v) is 7.92. The van der Waals surface area contributed by atoms with Crippen LogP contribution in [0, 0.1) is 0 Å². The molecule has 3 rings (SSSR count). The van der Waals surface area contributed by atoms with Crippen LogP contribution >= 0.6 is 0 Å². The van der Waals surface area contributed by atoms with Gasteiger partial charge in [-0.15, -0.1) is 0 Å². The Morgan fingerprint density at radius 2 is 1.70 bits per heavy atom. The first kappa shape index (κ1) is 21.8. The van der Waals surface area contributed by atoms with E-state index in [2.05, 4.69) is 10.6 Å². The number of nitrogens with one attached hydrogen (secondary N) is 2. The Kier molecular flexibility index (Phi) is 7.82. The Balaban J connectivity index is 1.43. The first-order valence-corrected chi connectivity index (χ1v) is 10.8. The maximum atomic E-state index is 12.3. The van der Waals surface area contributed by atoms with Gasteiger partial charge in [0.15, 0.2) is 6.10 Å². The molecule has 0 unspecified atom stereocenters. The second-order valence-electron chi connectivity index (χ2n) is 7.92. The predicted molar refractivity (Wildman–Crippen MR) is 116 cm³/mol. The molecule has 0 spiro atoms. The molecule has 2 aromatic rings. The van der Waals surface area contributed by atoms with Crippen LogP contribution in [0.15, 0.2) is 42.5 Å². The summed E-state index contributed by atoms with van der Waals surface area (Å²) in [5, 5.41) is 7.64. The van der Waals surface area contributed by atoms with Gasteiger partial charge < -0.3 is 15.4 Å². The van der Waals surface area contributed by atoms with Gasteiger partial charge in [0.05, 0.1) is 6.42 Å². The Hall–Kier alpha value is -2.89. The van der Waals surface area contributed by atoms with E-state index in [1.807, 2.05) is 42.5 Å². The molecular formula is C24H30N2O4. The molecule has 1 aliphatic rings. The molecule has 1 atom stereocenters. The molecule has 2 N–H and O–H groups in total. The van der Waals surface area contributed by atoms with Crippen molar-refractivity contribution in [3.63, 3.8) is 0 Å². The highest BCUT2D eigenvalue weighted by atomic mass is 16.5. The lowest BCUT2D eigenvalue weighted by Crippen LogP contribution is -2.43. The van der Waals surface area contributed by atoms with E-state index in [9.17, 15) is 14.4 Å². The summed E-state index contributed by atoms with van der Waals surface area (Å²) in [4.78, 5) is 36.6. The molecule has 0 aromatic heterocycles. The smallest absolute Gasteiger partial charge is 0.326 e. The number of esters is 1. The van der Waals surface area contributed by atoms with E-state index in [4.69, 9.17) is 4.74 Å². The van der Waals surface area contributed by atoms with Crippen molar-refractivity contribution < 1.29 is 19.1 Å². The zero-order valence-electron chi connectivity index (χ0n) is 17.5. The topological polar surface area (TPSA) is 84.5 Å². The van der Waals surface area contributed by atoms with Crippen molar-refractivity contribution in [2.75, 3.05) is 6.54 Å². The molecule has 2 aromatic carbocycles. The number of carbonyl (C=O) groups is 3. The molecule has 0 saturated heterocycles. The predicted octanol–water partition coefficient (Wildman–Crippen LogP) is 3.27. The van der Waals surface area contributed by atoms with Gasteiger partial charge >= 0.3 is 5.97 Å². The lowest BCUT2D eigenvalue weighted by atomic mass is 10.0. The number of hydrogen-bond acceptors (Lipinski definition) is 4. The van der Waals surface area contributed by atoms with Crippen LogP contribution in [0.2, 0.25) is 0 Å². The Labute approximate surface area is 177 Å². The lowest BCUT2D eigenvalue weighted by molar-refractivity contribution is -0.154. The van der Waals surface area contributed by atoms with Crippen molar-refractivity contribution in [2.45, 2.75) is 64.0 Å². The van der Waals surface area contributed by atoms with Gasteiger partial charge in [0.1, 0.15) is 6.54 Å². The number of fused-ring (bicyclic) bond motifs is 1. The van der Waals surface area contributed by atoms with Gasteiger partial charge in [-0.1, -0.05) is 68.1 Å². The third kappa shape index (κ3) is 6.31. The number of hydrogen-bond donors (Lipinski definition) is 2. The maximum Gasteiger partial charge on any atom is 0.326 e. The zero-order chi connectivity index (χ0) is 21.3. The molecule has 0 heterocycles. The highest BCUT2D eigenvalue weighted by Crippen LogP contribution is 2.19. The van der Waals surface area contributed by atoms with Crippen LogP contribution in [0.1, 0.15) is 51.0 Å². The van der Waals surface area contributed by atoms with Crippen molar-refractivity contribution in [3.05, 3.63) is 48.0 Å². The molecule has 160 valence electrons. The highest BCUT2D eigenvalue weighted by molar-refractivity contribution is 5.91. The molecular weight excluding hydrogens is 380 g/mol. The monoisotopic (exact) mass is 410 g/mol. The van der Waals surface area contributed by atoms with Gasteiger partial charge in [-0.2, -0.15) is 0 Å². The van der Waals surface area contributed by atoms with Crippen LogP contribution < -0.4 is 10.6 Å². The lowest BCUT2D eigenvalue weighted by Gasteiger charge is -2.19. The van der Waals surface area contributed by atoms with E-state index in [0.29, 0.717) is 0 Å². The maximum absolute atomic E-state index is 12.3. The van der Waals surface area contributed by atoms with E-state index in [0.717, 1.165) is 42.0 Å². The minimum absolute atomic E-state index is 0.154. The number of rotatable bonds is 7. The van der Waals surface area contributed by atoms with Crippen LogP contribution in [-0.4, -0.2) is 36.5 Å². The van der Waals surface area contributed by atoms with E-state index in [1.54, 1.807) is 6.92 Å². The zero-order valence-corrected chi connectivity index (χ0v) is 17.5. The summed E-state index contributed by atoms with van der Waals surface area (Å²) in [7, 11) is 0. The van der Waals surface area contributed by atoms with E-state index in [1.165, 1.54) is 12.8 Å². The number of carbonyl (C=O) groups excluding carboxylic acids is 3. The summed E-state index contributed by atoms with van der Waals surface area (Å²) in [5.74, 6) is -1.17. The second kappa shape index (κ2) is 10.8. The first-order chi connectivity index (χ1) is 14.5. The Bertz CT molecular complexity index is 882. The fourth-order valence-electron chi connectivity index (χ4n) is 3.89. The minimum atomic E-state index is -0.879. The quantitative estimate of drug-likeness (QED) is 0.542. The van der Waals surface area contributed by atoms with Gasteiger partial charge in [-0.25, -0.2) is 0 Å². The van der Waals surface area contributed by atoms with Crippen LogP contribution in [0.3, 0.4) is 0 Å². The number of amides is 2. The van der Waals surface area contributed by atoms with Crippen molar-refractivity contribution in [3.8, 4) is 0 Å². The van der Waals surface area contributed by atoms with E-state index >= 15 is 0 Å². The highest BCUT2D eigenvalue weighted by Gasteiger charge is 2.22. The van der Waals surface area contributed by atoms with Gasteiger partial charge in [-0.3, -0.25) is 14.4 Å². The molecule has 6 heteroatoms. The van der Waals surface area contributed by atoms with Crippen LogP contribution in [0.5, 0.6) is 0 Å².